The maximum absolute atomic E-state index is 12.0. The van der Waals surface area contributed by atoms with Crippen molar-refractivity contribution in [1.29, 1.82) is 0 Å². The number of aryl methyl sites for hydroxylation is 1. The van der Waals surface area contributed by atoms with E-state index in [2.05, 4.69) is 4.72 Å². The second-order valence-electron chi connectivity index (χ2n) is 4.91. The van der Waals surface area contributed by atoms with E-state index < -0.39 is 10.0 Å². The molecule has 1 atom stereocenters. The number of rotatable bonds is 9. The van der Waals surface area contributed by atoms with Gasteiger partial charge in [-0.2, -0.15) is 0 Å². The Morgan fingerprint density at radius 3 is 2.50 bits per heavy atom. The van der Waals surface area contributed by atoms with E-state index in [4.69, 9.17) is 16.7 Å². The highest BCUT2D eigenvalue weighted by Gasteiger charge is 2.13. The number of aliphatic hydroxyl groups is 1. The lowest BCUT2D eigenvalue weighted by Crippen LogP contribution is -2.25. The molecule has 2 N–H and O–H groups in total. The van der Waals surface area contributed by atoms with Crippen molar-refractivity contribution in [3.8, 4) is 0 Å². The molecule has 0 aliphatic rings. The van der Waals surface area contributed by atoms with E-state index >= 15 is 0 Å². The Morgan fingerprint density at radius 2 is 1.95 bits per heavy atom. The molecule has 4 nitrogen and oxygen atoms in total. The topological polar surface area (TPSA) is 66.4 Å². The molecule has 0 aromatic heterocycles. The van der Waals surface area contributed by atoms with Crippen molar-refractivity contribution in [2.24, 2.45) is 5.92 Å². The minimum Gasteiger partial charge on any atom is -0.396 e. The van der Waals surface area contributed by atoms with Crippen LogP contribution in [0, 0.1) is 5.92 Å². The third-order valence-electron chi connectivity index (χ3n) is 3.09. The van der Waals surface area contributed by atoms with E-state index in [1.807, 2.05) is 6.92 Å². The SMILES string of the molecule is CC(CO)CCCNS(=O)(=O)c1ccc(CCCl)cc1. The van der Waals surface area contributed by atoms with Crippen LogP contribution in [-0.2, 0) is 16.4 Å². The molecule has 1 rings (SSSR count). The summed E-state index contributed by atoms with van der Waals surface area (Å²) in [7, 11) is -3.44. The number of nitrogens with one attached hydrogen (secondary N) is 1. The van der Waals surface area contributed by atoms with Gasteiger partial charge in [0.05, 0.1) is 4.90 Å². The fourth-order valence-electron chi connectivity index (χ4n) is 1.78. The highest BCUT2D eigenvalue weighted by molar-refractivity contribution is 7.89. The number of benzene rings is 1. The summed E-state index contributed by atoms with van der Waals surface area (Å²) >= 11 is 5.64. The monoisotopic (exact) mass is 319 g/mol. The summed E-state index contributed by atoms with van der Waals surface area (Å²) in [4.78, 5) is 0.269. The maximum Gasteiger partial charge on any atom is 0.240 e. The minimum atomic E-state index is -3.44. The number of aliphatic hydroxyl groups excluding tert-OH is 1. The van der Waals surface area contributed by atoms with E-state index in [1.165, 1.54) is 0 Å². The number of hydrogen-bond donors (Lipinski definition) is 2. The van der Waals surface area contributed by atoms with Crippen molar-refractivity contribution in [2.75, 3.05) is 19.0 Å². The maximum atomic E-state index is 12.0. The molecule has 0 fully saturated rings. The first-order chi connectivity index (χ1) is 9.49. The van der Waals surface area contributed by atoms with Gasteiger partial charge in [0.25, 0.3) is 0 Å². The van der Waals surface area contributed by atoms with Crippen molar-refractivity contribution >= 4 is 21.6 Å². The number of hydrogen-bond acceptors (Lipinski definition) is 3. The van der Waals surface area contributed by atoms with Gasteiger partial charge >= 0.3 is 0 Å². The second kappa shape index (κ2) is 8.62. The summed E-state index contributed by atoms with van der Waals surface area (Å²) in [6.45, 7) is 2.45. The lowest BCUT2D eigenvalue weighted by Gasteiger charge is -2.09. The van der Waals surface area contributed by atoms with Gasteiger partial charge in [-0.15, -0.1) is 11.6 Å². The lowest BCUT2D eigenvalue weighted by atomic mass is 10.1. The van der Waals surface area contributed by atoms with Crippen LogP contribution < -0.4 is 4.72 Å². The Morgan fingerprint density at radius 1 is 1.30 bits per heavy atom. The predicted octanol–water partition coefficient (Wildman–Crippen LogP) is 2.15. The standard InChI is InChI=1S/C14H22ClNO3S/c1-12(11-17)3-2-10-16-20(18,19)14-6-4-13(5-7-14)8-9-15/h4-7,12,16-17H,2-3,8-11H2,1H3. The molecule has 0 bridgehead atoms. The molecule has 0 aliphatic carbocycles. The average molecular weight is 320 g/mol. The molecule has 6 heteroatoms. The van der Waals surface area contributed by atoms with Crippen LogP contribution >= 0.6 is 11.6 Å². The third kappa shape index (κ3) is 5.79. The molecule has 1 aromatic rings. The summed E-state index contributed by atoms with van der Waals surface area (Å²) in [5, 5.41) is 8.89. The number of halogens is 1. The van der Waals surface area contributed by atoms with Crippen LogP contribution in [0.25, 0.3) is 0 Å². The molecule has 1 unspecified atom stereocenters. The minimum absolute atomic E-state index is 0.134. The molecule has 1 aromatic carbocycles. The van der Waals surface area contributed by atoms with Gasteiger partial charge < -0.3 is 5.11 Å². The van der Waals surface area contributed by atoms with Crippen LogP contribution in [0.2, 0.25) is 0 Å². The van der Waals surface area contributed by atoms with Crippen molar-refractivity contribution in [1.82, 2.24) is 4.72 Å². The Balaban J connectivity index is 2.51. The normalized spacial score (nSPS) is 13.3. The molecule has 114 valence electrons. The largest absolute Gasteiger partial charge is 0.396 e. The van der Waals surface area contributed by atoms with Crippen LogP contribution in [0.15, 0.2) is 29.2 Å². The zero-order valence-corrected chi connectivity index (χ0v) is 13.3. The van der Waals surface area contributed by atoms with Gasteiger partial charge in [0.1, 0.15) is 0 Å². The molecule has 0 radical (unpaired) electrons. The molecule has 0 amide bonds. The quantitative estimate of drug-likeness (QED) is 0.541. The third-order valence-corrected chi connectivity index (χ3v) is 4.76. The number of alkyl halides is 1. The summed E-state index contributed by atoms with van der Waals surface area (Å²) in [6.07, 6.45) is 2.24. The van der Waals surface area contributed by atoms with Gasteiger partial charge in [-0.25, -0.2) is 13.1 Å². The van der Waals surface area contributed by atoms with E-state index in [-0.39, 0.29) is 17.4 Å². The van der Waals surface area contributed by atoms with E-state index in [1.54, 1.807) is 24.3 Å². The first-order valence-corrected chi connectivity index (χ1v) is 8.77. The van der Waals surface area contributed by atoms with Crippen molar-refractivity contribution in [2.45, 2.75) is 31.1 Å². The van der Waals surface area contributed by atoms with E-state index in [9.17, 15) is 8.42 Å². The van der Waals surface area contributed by atoms with Gasteiger partial charge in [0, 0.05) is 19.0 Å². The van der Waals surface area contributed by atoms with Crippen molar-refractivity contribution in [3.05, 3.63) is 29.8 Å². The highest BCUT2D eigenvalue weighted by Crippen LogP contribution is 2.12. The second-order valence-corrected chi connectivity index (χ2v) is 7.06. The van der Waals surface area contributed by atoms with Crippen LogP contribution in [-0.4, -0.2) is 32.6 Å². The lowest BCUT2D eigenvalue weighted by molar-refractivity contribution is 0.228. The van der Waals surface area contributed by atoms with Gasteiger partial charge in [-0.3, -0.25) is 0 Å². The Hall–Kier alpha value is -0.620. The zero-order valence-electron chi connectivity index (χ0n) is 11.7. The Labute approximate surface area is 126 Å². The highest BCUT2D eigenvalue weighted by atomic mass is 35.5. The smallest absolute Gasteiger partial charge is 0.240 e. The summed E-state index contributed by atoms with van der Waals surface area (Å²) in [5.41, 5.74) is 1.02. The van der Waals surface area contributed by atoms with Gasteiger partial charge in [-0.05, 0) is 42.9 Å². The van der Waals surface area contributed by atoms with Gasteiger partial charge in [0.15, 0.2) is 0 Å². The Kier molecular flexibility index (Phi) is 7.51. The Bertz CT molecular complexity index is 488. The van der Waals surface area contributed by atoms with Crippen LogP contribution in [0.1, 0.15) is 25.3 Å². The van der Waals surface area contributed by atoms with E-state index in [0.29, 0.717) is 18.8 Å². The summed E-state index contributed by atoms with van der Waals surface area (Å²) < 4.78 is 26.6. The average Bonchev–Trinajstić information content (AvgIpc) is 2.44. The molecule has 0 saturated heterocycles. The first-order valence-electron chi connectivity index (χ1n) is 6.75. The van der Waals surface area contributed by atoms with Crippen LogP contribution in [0.3, 0.4) is 0 Å². The molecular formula is C14H22ClNO3S. The fraction of sp³-hybridized carbons (Fsp3) is 0.571. The predicted molar refractivity (Wildman–Crippen MR) is 81.5 cm³/mol. The van der Waals surface area contributed by atoms with Crippen LogP contribution in [0.5, 0.6) is 0 Å². The van der Waals surface area contributed by atoms with Gasteiger partial charge in [-0.1, -0.05) is 19.1 Å². The number of sulfonamides is 1. The van der Waals surface area contributed by atoms with Crippen molar-refractivity contribution < 1.29 is 13.5 Å². The summed E-state index contributed by atoms with van der Waals surface area (Å²) in [5.74, 6) is 0.724. The molecular weight excluding hydrogens is 298 g/mol. The summed E-state index contributed by atoms with van der Waals surface area (Å²) in [6, 6.07) is 6.76. The van der Waals surface area contributed by atoms with E-state index in [0.717, 1.165) is 18.4 Å². The van der Waals surface area contributed by atoms with Crippen molar-refractivity contribution in [3.63, 3.8) is 0 Å². The molecule has 0 heterocycles. The fourth-order valence-corrected chi connectivity index (χ4v) is 3.07. The molecule has 0 spiro atoms. The molecule has 0 aliphatic heterocycles. The zero-order chi connectivity index (χ0) is 15.0. The van der Waals surface area contributed by atoms with Crippen LogP contribution in [0.4, 0.5) is 0 Å². The molecule has 0 saturated carbocycles. The first kappa shape index (κ1) is 17.4. The van der Waals surface area contributed by atoms with Gasteiger partial charge in [0.2, 0.25) is 10.0 Å². The molecule has 20 heavy (non-hydrogen) atoms.